The van der Waals surface area contributed by atoms with Crippen LogP contribution in [0.2, 0.25) is 0 Å². The Kier molecular flexibility index (Phi) is 2.95. The Bertz CT molecular complexity index is 408. The number of aromatic nitrogens is 2. The van der Waals surface area contributed by atoms with Gasteiger partial charge in [0.05, 0.1) is 5.69 Å². The van der Waals surface area contributed by atoms with Gasteiger partial charge < -0.3 is 10.3 Å². The molecule has 17 heavy (non-hydrogen) atoms. The van der Waals surface area contributed by atoms with E-state index in [1.807, 2.05) is 0 Å². The zero-order chi connectivity index (χ0) is 11.8. The summed E-state index contributed by atoms with van der Waals surface area (Å²) in [4.78, 5) is 4.79. The van der Waals surface area contributed by atoms with Crippen molar-refractivity contribution in [2.45, 2.75) is 57.9 Å². The number of hydrogen-bond acceptors (Lipinski definition) is 2. The van der Waals surface area contributed by atoms with Crippen molar-refractivity contribution in [3.05, 3.63) is 17.2 Å². The highest BCUT2D eigenvalue weighted by molar-refractivity contribution is 5.21. The summed E-state index contributed by atoms with van der Waals surface area (Å²) in [6.45, 7) is 3.00. The van der Waals surface area contributed by atoms with Crippen LogP contribution in [0.3, 0.4) is 0 Å². The van der Waals surface area contributed by atoms with Crippen molar-refractivity contribution in [1.82, 2.24) is 9.55 Å². The smallest absolute Gasteiger partial charge is 0.106 e. The molecule has 94 valence electrons. The molecule has 3 nitrogen and oxygen atoms in total. The van der Waals surface area contributed by atoms with Crippen LogP contribution >= 0.6 is 0 Å². The summed E-state index contributed by atoms with van der Waals surface area (Å²) in [7, 11) is 0. The predicted molar refractivity (Wildman–Crippen MR) is 69.0 cm³/mol. The van der Waals surface area contributed by atoms with Gasteiger partial charge in [0.2, 0.25) is 0 Å². The van der Waals surface area contributed by atoms with Crippen LogP contribution in [-0.4, -0.2) is 16.1 Å². The molecule has 2 atom stereocenters. The number of aryl methyl sites for hydroxylation is 2. The molecule has 1 aromatic heterocycles. The monoisotopic (exact) mass is 233 g/mol. The van der Waals surface area contributed by atoms with Crippen molar-refractivity contribution in [3.8, 4) is 0 Å². The highest BCUT2D eigenvalue weighted by Crippen LogP contribution is 2.38. The first-order valence-electron chi connectivity index (χ1n) is 7.08. The molecule has 1 heterocycles. The molecule has 1 aromatic rings. The maximum atomic E-state index is 5.92. The molecule has 0 radical (unpaired) electrons. The van der Waals surface area contributed by atoms with Crippen LogP contribution in [0.25, 0.3) is 0 Å². The van der Waals surface area contributed by atoms with E-state index in [0.29, 0.717) is 12.0 Å². The standard InChI is InChI=1S/C14H23N3/c1-10-16-12-6-2-3-7-14(12)17(10)13-8-4-5-11(13)9-15/h11,13H,2-9,15H2,1H3. The number of nitrogens with two attached hydrogens (primary N) is 1. The normalized spacial score (nSPS) is 28.4. The van der Waals surface area contributed by atoms with Crippen LogP contribution in [0.15, 0.2) is 0 Å². The number of hydrogen-bond donors (Lipinski definition) is 1. The molecule has 0 bridgehead atoms. The Hall–Kier alpha value is -0.830. The van der Waals surface area contributed by atoms with E-state index in [1.165, 1.54) is 62.2 Å². The third-order valence-electron chi connectivity index (χ3n) is 4.60. The summed E-state index contributed by atoms with van der Waals surface area (Å²) in [6.07, 6.45) is 8.98. The highest BCUT2D eigenvalue weighted by Gasteiger charge is 2.31. The summed E-state index contributed by atoms with van der Waals surface area (Å²) < 4.78 is 2.54. The molecule has 2 N–H and O–H groups in total. The fourth-order valence-corrected chi connectivity index (χ4v) is 3.77. The lowest BCUT2D eigenvalue weighted by Crippen LogP contribution is -2.24. The van der Waals surface area contributed by atoms with Gasteiger partial charge in [-0.2, -0.15) is 0 Å². The van der Waals surface area contributed by atoms with Crippen molar-refractivity contribution in [2.24, 2.45) is 11.7 Å². The molecule has 0 spiro atoms. The first-order valence-corrected chi connectivity index (χ1v) is 7.08. The first kappa shape index (κ1) is 11.3. The van der Waals surface area contributed by atoms with Gasteiger partial charge in [0.15, 0.2) is 0 Å². The molecule has 0 aliphatic heterocycles. The van der Waals surface area contributed by atoms with Crippen molar-refractivity contribution in [1.29, 1.82) is 0 Å². The summed E-state index contributed by atoms with van der Waals surface area (Å²) in [5.41, 5.74) is 8.82. The topological polar surface area (TPSA) is 43.8 Å². The van der Waals surface area contributed by atoms with Crippen LogP contribution in [0.4, 0.5) is 0 Å². The third-order valence-corrected chi connectivity index (χ3v) is 4.60. The second-order valence-corrected chi connectivity index (χ2v) is 5.62. The Labute approximate surface area is 103 Å². The van der Waals surface area contributed by atoms with Crippen LogP contribution in [-0.2, 0) is 12.8 Å². The quantitative estimate of drug-likeness (QED) is 0.852. The van der Waals surface area contributed by atoms with Crippen LogP contribution in [0.1, 0.15) is 55.4 Å². The predicted octanol–water partition coefficient (Wildman–Crippen LogP) is 2.37. The largest absolute Gasteiger partial charge is 0.330 e. The Morgan fingerprint density at radius 2 is 2.06 bits per heavy atom. The highest BCUT2D eigenvalue weighted by atomic mass is 15.1. The molecule has 1 saturated carbocycles. The molecule has 2 unspecified atom stereocenters. The third kappa shape index (κ3) is 1.81. The Balaban J connectivity index is 1.99. The molecule has 3 heteroatoms. The fraction of sp³-hybridized carbons (Fsp3) is 0.786. The minimum Gasteiger partial charge on any atom is -0.330 e. The van der Waals surface area contributed by atoms with E-state index in [4.69, 9.17) is 10.7 Å². The molecule has 2 aliphatic carbocycles. The van der Waals surface area contributed by atoms with Crippen molar-refractivity contribution < 1.29 is 0 Å². The summed E-state index contributed by atoms with van der Waals surface area (Å²) in [5, 5.41) is 0. The fourth-order valence-electron chi connectivity index (χ4n) is 3.77. The van der Waals surface area contributed by atoms with Crippen molar-refractivity contribution in [3.63, 3.8) is 0 Å². The molecule has 1 fully saturated rings. The van der Waals surface area contributed by atoms with Crippen LogP contribution in [0, 0.1) is 12.8 Å². The summed E-state index contributed by atoms with van der Waals surface area (Å²) in [5.74, 6) is 1.90. The van der Waals surface area contributed by atoms with Gasteiger partial charge in [-0.15, -0.1) is 0 Å². The maximum absolute atomic E-state index is 5.92. The van der Waals surface area contributed by atoms with Gasteiger partial charge in [-0.05, 0) is 57.9 Å². The van der Waals surface area contributed by atoms with Gasteiger partial charge in [-0.1, -0.05) is 6.42 Å². The minimum atomic E-state index is 0.634. The number of nitrogens with zero attached hydrogens (tertiary/aromatic N) is 2. The molecule has 0 saturated heterocycles. The minimum absolute atomic E-state index is 0.634. The van der Waals surface area contributed by atoms with Gasteiger partial charge in [-0.3, -0.25) is 0 Å². The number of fused-ring (bicyclic) bond motifs is 1. The van der Waals surface area contributed by atoms with Gasteiger partial charge >= 0.3 is 0 Å². The molecule has 0 aromatic carbocycles. The van der Waals surface area contributed by atoms with Gasteiger partial charge in [0.25, 0.3) is 0 Å². The molecular formula is C14H23N3. The lowest BCUT2D eigenvalue weighted by atomic mass is 9.98. The van der Waals surface area contributed by atoms with Gasteiger partial charge in [0, 0.05) is 11.7 Å². The second kappa shape index (κ2) is 4.45. The van der Waals surface area contributed by atoms with Crippen LogP contribution < -0.4 is 5.73 Å². The van der Waals surface area contributed by atoms with E-state index in [-0.39, 0.29) is 0 Å². The van der Waals surface area contributed by atoms with Gasteiger partial charge in [-0.25, -0.2) is 4.98 Å². The van der Waals surface area contributed by atoms with E-state index >= 15 is 0 Å². The van der Waals surface area contributed by atoms with Crippen LogP contribution in [0.5, 0.6) is 0 Å². The lowest BCUT2D eigenvalue weighted by molar-refractivity contribution is 0.370. The van der Waals surface area contributed by atoms with E-state index < -0.39 is 0 Å². The lowest BCUT2D eigenvalue weighted by Gasteiger charge is -2.25. The SMILES string of the molecule is Cc1nc2c(n1C1CCCC1CN)CCCC2. The maximum Gasteiger partial charge on any atom is 0.106 e. The molecule has 0 amide bonds. The zero-order valence-electron chi connectivity index (χ0n) is 10.8. The van der Waals surface area contributed by atoms with E-state index in [0.717, 1.165) is 6.54 Å². The average molecular weight is 233 g/mol. The summed E-state index contributed by atoms with van der Waals surface area (Å²) >= 11 is 0. The molecule has 3 rings (SSSR count). The number of rotatable bonds is 2. The summed E-state index contributed by atoms with van der Waals surface area (Å²) in [6, 6.07) is 0.634. The second-order valence-electron chi connectivity index (χ2n) is 5.62. The van der Waals surface area contributed by atoms with E-state index in [2.05, 4.69) is 11.5 Å². The Morgan fingerprint density at radius 3 is 2.88 bits per heavy atom. The van der Waals surface area contributed by atoms with Gasteiger partial charge in [0.1, 0.15) is 5.82 Å². The Morgan fingerprint density at radius 1 is 1.24 bits per heavy atom. The average Bonchev–Trinajstić information content (AvgIpc) is 2.90. The zero-order valence-corrected chi connectivity index (χ0v) is 10.8. The molecule has 2 aliphatic rings. The number of imidazole rings is 1. The van der Waals surface area contributed by atoms with E-state index in [9.17, 15) is 0 Å². The van der Waals surface area contributed by atoms with Crippen molar-refractivity contribution >= 4 is 0 Å². The van der Waals surface area contributed by atoms with Crippen molar-refractivity contribution in [2.75, 3.05) is 6.54 Å². The first-order chi connectivity index (χ1) is 8.31. The van der Waals surface area contributed by atoms with E-state index in [1.54, 1.807) is 0 Å². The molecular weight excluding hydrogens is 210 g/mol.